The summed E-state index contributed by atoms with van der Waals surface area (Å²) in [6.45, 7) is 3.77. The molecule has 4 aliphatic heterocycles. The number of hydrogen-bond donors (Lipinski definition) is 5. The van der Waals surface area contributed by atoms with Crippen molar-refractivity contribution in [3.63, 3.8) is 0 Å². The first-order valence-corrected chi connectivity index (χ1v) is 24.6. The van der Waals surface area contributed by atoms with Crippen LogP contribution in [0.1, 0.15) is 64.5 Å². The van der Waals surface area contributed by atoms with Crippen LogP contribution < -0.4 is 36.2 Å². The summed E-state index contributed by atoms with van der Waals surface area (Å²) >= 11 is 0. The smallest absolute Gasteiger partial charge is 0.329 e. The standard InChI is InChI=1S/C58H55N7O9/c1-37(39-15-5-2-6-16-39)61-57(71)64-46-28-23-38(14-13-29-60-56(59)70)36-45(46)58(55(64)69)48(53(67)62-42-24-26-43(27-25-42)63-30-33-72-34-31-63)50-54(68)74-51(41-19-9-4-10-20-41)49(40-17-7-3-8-18-40)65(50)52(58)44-21-11-12-22-47(44)73-35-32-66/h2-12,15-28,36-37,48-52,66H,29-35H2,1H3,(H,61,71)(H,62,67)(H3,59,60,70)/t37-,48-,49-,50-,51+,52+,58-/m1/s1. The van der Waals surface area contributed by atoms with Crippen LogP contribution in [0.4, 0.5) is 26.7 Å². The van der Waals surface area contributed by atoms with E-state index in [0.29, 0.717) is 54.2 Å². The van der Waals surface area contributed by atoms with Gasteiger partial charge in [-0.15, -0.1) is 0 Å². The molecule has 1 spiro atoms. The number of cyclic esters (lactones) is 1. The largest absolute Gasteiger partial charge is 0.491 e. The number of hydrogen-bond acceptors (Lipinski definition) is 11. The fraction of sp³-hybridized carbons (Fsp3) is 0.259. The van der Waals surface area contributed by atoms with Gasteiger partial charge < -0.3 is 45.9 Å². The van der Waals surface area contributed by atoms with Gasteiger partial charge in [0.05, 0.1) is 56.1 Å². The molecule has 6 aromatic carbocycles. The molecule has 0 bridgehead atoms. The Bertz CT molecular complexity index is 3110. The number of aliphatic hydroxyl groups is 1. The van der Waals surface area contributed by atoms with Gasteiger partial charge in [-0.3, -0.25) is 19.3 Å². The van der Waals surface area contributed by atoms with Crippen molar-refractivity contribution in [3.05, 3.63) is 191 Å². The summed E-state index contributed by atoms with van der Waals surface area (Å²) in [6.07, 6.45) is -0.973. The van der Waals surface area contributed by atoms with Crippen molar-refractivity contribution < 1.29 is 43.3 Å². The third kappa shape index (κ3) is 9.17. The van der Waals surface area contributed by atoms with E-state index in [1.54, 1.807) is 61.5 Å². The van der Waals surface area contributed by atoms with Crippen LogP contribution in [0.2, 0.25) is 0 Å². The SMILES string of the molecule is C[C@@H](NC(=O)N1C(=O)[C@@]2(c3cc(C#CCNC(N)=O)ccc31)[C@H](c1ccccc1OCCO)N1[C@H](c3ccccc3)[C@H](c3ccccc3)OC(=O)[C@H]1[C@@H]2C(=O)Nc1ccc(N2CCOCC2)cc1)c1ccccc1. The number of morpholine rings is 2. The summed E-state index contributed by atoms with van der Waals surface area (Å²) in [4.78, 5) is 80.7. The molecule has 0 saturated carbocycles. The van der Waals surface area contributed by atoms with Gasteiger partial charge in [0.25, 0.3) is 0 Å². The second-order valence-electron chi connectivity index (χ2n) is 18.5. The van der Waals surface area contributed by atoms with Crippen LogP contribution >= 0.6 is 0 Å². The molecule has 7 atom stereocenters. The van der Waals surface area contributed by atoms with Gasteiger partial charge in [0.15, 0.2) is 0 Å². The number of ether oxygens (including phenoxy) is 3. The van der Waals surface area contributed by atoms with Gasteiger partial charge in [0.1, 0.15) is 29.9 Å². The molecule has 6 amide bonds. The predicted molar refractivity (Wildman–Crippen MR) is 277 cm³/mol. The maximum absolute atomic E-state index is 16.8. The average molecular weight is 994 g/mol. The van der Waals surface area contributed by atoms with Crippen molar-refractivity contribution in [1.82, 2.24) is 15.5 Å². The van der Waals surface area contributed by atoms with Crippen LogP contribution in [-0.2, 0) is 29.3 Å². The number of urea groups is 2. The topological polar surface area (TPSA) is 205 Å². The van der Waals surface area contributed by atoms with E-state index in [1.165, 1.54) is 0 Å². The Hall–Kier alpha value is -8.49. The average Bonchev–Trinajstić information content (AvgIpc) is 3.97. The summed E-state index contributed by atoms with van der Waals surface area (Å²) in [6, 6.07) is 41.6. The highest BCUT2D eigenvalue weighted by Gasteiger charge is 2.76. The van der Waals surface area contributed by atoms with E-state index < -0.39 is 71.5 Å². The first kappa shape index (κ1) is 49.1. The number of fused-ring (bicyclic) bond motifs is 3. The summed E-state index contributed by atoms with van der Waals surface area (Å²) in [7, 11) is 0. The zero-order valence-corrected chi connectivity index (χ0v) is 40.6. The molecule has 6 aromatic rings. The molecule has 74 heavy (non-hydrogen) atoms. The Kier molecular flexibility index (Phi) is 14.1. The third-order valence-corrected chi connectivity index (χ3v) is 14.2. The molecule has 16 nitrogen and oxygen atoms in total. The first-order chi connectivity index (χ1) is 36.1. The second kappa shape index (κ2) is 21.3. The lowest BCUT2D eigenvalue weighted by molar-refractivity contribution is -0.177. The lowest BCUT2D eigenvalue weighted by Gasteiger charge is -2.46. The lowest BCUT2D eigenvalue weighted by Crippen LogP contribution is -2.55. The van der Waals surface area contributed by atoms with Gasteiger partial charge in [0.2, 0.25) is 11.8 Å². The molecule has 376 valence electrons. The van der Waals surface area contributed by atoms with Gasteiger partial charge in [-0.25, -0.2) is 14.5 Å². The monoisotopic (exact) mass is 993 g/mol. The van der Waals surface area contributed by atoms with Crippen LogP contribution in [0.3, 0.4) is 0 Å². The Morgan fingerprint density at radius 2 is 1.49 bits per heavy atom. The third-order valence-electron chi connectivity index (χ3n) is 14.2. The van der Waals surface area contributed by atoms with Gasteiger partial charge >= 0.3 is 18.0 Å². The van der Waals surface area contributed by atoms with Crippen LogP contribution in [0.15, 0.2) is 158 Å². The van der Waals surface area contributed by atoms with E-state index in [4.69, 9.17) is 19.9 Å². The normalized spacial score (nSPS) is 22.4. The van der Waals surface area contributed by atoms with Gasteiger partial charge in [0, 0.05) is 35.6 Å². The quantitative estimate of drug-likeness (QED) is 0.0646. The molecule has 3 saturated heterocycles. The molecule has 4 heterocycles. The van der Waals surface area contributed by atoms with E-state index in [-0.39, 0.29) is 36.8 Å². The van der Waals surface area contributed by atoms with Crippen molar-refractivity contribution in [3.8, 4) is 17.6 Å². The predicted octanol–water partition coefficient (Wildman–Crippen LogP) is 6.69. The number of nitrogens with zero attached hydrogens (tertiary/aromatic N) is 3. The molecular formula is C58H55N7O9. The number of amides is 6. The van der Waals surface area contributed by atoms with Crippen LogP contribution in [-0.4, -0.2) is 92.0 Å². The van der Waals surface area contributed by atoms with Crippen molar-refractivity contribution in [1.29, 1.82) is 0 Å². The first-order valence-electron chi connectivity index (χ1n) is 24.6. The number of primary amides is 1. The minimum absolute atomic E-state index is 0.0999. The Labute approximate surface area is 428 Å². The molecule has 3 fully saturated rings. The van der Waals surface area contributed by atoms with E-state index in [0.717, 1.165) is 16.2 Å². The number of esters is 1. The highest BCUT2D eigenvalue weighted by molar-refractivity contribution is 6.25. The summed E-state index contributed by atoms with van der Waals surface area (Å²) in [5.41, 5.74) is 7.86. The minimum Gasteiger partial charge on any atom is -0.491 e. The van der Waals surface area contributed by atoms with E-state index in [1.807, 2.05) is 108 Å². The number of aliphatic hydroxyl groups excluding tert-OH is 1. The molecule has 0 aromatic heterocycles. The number of carbonyl (C=O) groups excluding carboxylic acids is 5. The van der Waals surface area contributed by atoms with Crippen molar-refractivity contribution in [2.45, 2.75) is 42.6 Å². The van der Waals surface area contributed by atoms with Gasteiger partial charge in [-0.2, -0.15) is 0 Å². The summed E-state index contributed by atoms with van der Waals surface area (Å²) < 4.78 is 18.6. The fourth-order valence-corrected chi connectivity index (χ4v) is 11.1. The Balaban J connectivity index is 1.24. The fourth-order valence-electron chi connectivity index (χ4n) is 11.1. The highest BCUT2D eigenvalue weighted by Crippen LogP contribution is 2.66. The number of anilines is 3. The van der Waals surface area contributed by atoms with Crippen LogP contribution in [0.25, 0.3) is 0 Å². The molecule has 4 aliphatic rings. The molecular weight excluding hydrogens is 939 g/mol. The summed E-state index contributed by atoms with van der Waals surface area (Å²) in [5, 5.41) is 18.8. The molecule has 0 aliphatic carbocycles. The zero-order chi connectivity index (χ0) is 51.3. The van der Waals surface area contributed by atoms with Crippen molar-refractivity contribution in [2.24, 2.45) is 11.7 Å². The lowest BCUT2D eigenvalue weighted by atomic mass is 9.65. The maximum Gasteiger partial charge on any atom is 0.329 e. The van der Waals surface area contributed by atoms with Crippen LogP contribution in [0.5, 0.6) is 5.75 Å². The molecule has 16 heteroatoms. The number of nitrogens with two attached hydrogens (primary N) is 1. The number of nitrogens with one attached hydrogen (secondary N) is 3. The second-order valence-corrected chi connectivity index (χ2v) is 18.5. The van der Waals surface area contributed by atoms with E-state index >= 15 is 19.2 Å². The summed E-state index contributed by atoms with van der Waals surface area (Å²) in [5.74, 6) is 2.38. The Morgan fingerprint density at radius 1 is 0.824 bits per heavy atom. The van der Waals surface area contributed by atoms with Crippen molar-refractivity contribution >= 4 is 46.9 Å². The number of benzene rings is 6. The van der Waals surface area contributed by atoms with E-state index in [9.17, 15) is 9.90 Å². The minimum atomic E-state index is -2.15. The molecule has 0 unspecified atom stereocenters. The molecule has 10 rings (SSSR count). The van der Waals surface area contributed by atoms with Gasteiger partial charge in [-0.05, 0) is 77.7 Å². The van der Waals surface area contributed by atoms with Crippen molar-refractivity contribution in [2.75, 3.05) is 61.2 Å². The maximum atomic E-state index is 16.8. The Morgan fingerprint density at radius 3 is 2.18 bits per heavy atom. The van der Waals surface area contributed by atoms with Gasteiger partial charge in [-0.1, -0.05) is 121 Å². The van der Waals surface area contributed by atoms with E-state index in [2.05, 4.69) is 32.7 Å². The number of imide groups is 1. The number of carbonyl (C=O) groups is 5. The molecule has 6 N–H and O–H groups in total. The molecule has 0 radical (unpaired) electrons. The number of para-hydroxylation sites is 1. The number of rotatable bonds is 12. The highest BCUT2D eigenvalue weighted by atomic mass is 16.6. The van der Waals surface area contributed by atoms with Crippen LogP contribution in [0, 0.1) is 17.8 Å². The zero-order valence-electron chi connectivity index (χ0n) is 40.6.